The van der Waals surface area contributed by atoms with Crippen LogP contribution >= 0.6 is 0 Å². The van der Waals surface area contributed by atoms with Crippen LogP contribution in [0.25, 0.3) is 0 Å². The first kappa shape index (κ1) is 20.0. The molecule has 150 valence electrons. The number of methoxy groups -OCH3 is 1. The molecule has 0 radical (unpaired) electrons. The van der Waals surface area contributed by atoms with Gasteiger partial charge in [0.05, 0.1) is 13.2 Å². The summed E-state index contributed by atoms with van der Waals surface area (Å²) in [5, 5.41) is 5.84. The quantitative estimate of drug-likeness (QED) is 0.758. The average Bonchev–Trinajstić information content (AvgIpc) is 3.23. The van der Waals surface area contributed by atoms with Gasteiger partial charge in [0.2, 0.25) is 5.91 Å². The summed E-state index contributed by atoms with van der Waals surface area (Å²) in [6, 6.07) is 5.97. The summed E-state index contributed by atoms with van der Waals surface area (Å²) in [5.74, 6) is -2.72. The van der Waals surface area contributed by atoms with Crippen molar-refractivity contribution in [3.05, 3.63) is 58.9 Å². The number of hydrogen-bond donors (Lipinski definition) is 2. The highest BCUT2D eigenvalue weighted by atomic mass is 19.2. The zero-order valence-electron chi connectivity index (χ0n) is 15.4. The molecule has 0 bridgehead atoms. The number of hydrogen-bond acceptors (Lipinski definition) is 4. The molecule has 2 N–H and O–H groups in total. The fourth-order valence-electron chi connectivity index (χ4n) is 3.04. The Labute approximate surface area is 160 Å². The molecule has 1 heterocycles. The Morgan fingerprint density at radius 2 is 2.00 bits per heavy atom. The van der Waals surface area contributed by atoms with Crippen molar-refractivity contribution in [1.82, 2.24) is 10.6 Å². The maximum atomic E-state index is 14.4. The Hall–Kier alpha value is -2.74. The molecule has 1 unspecified atom stereocenters. The predicted molar refractivity (Wildman–Crippen MR) is 96.5 cm³/mol. The van der Waals surface area contributed by atoms with Crippen LogP contribution in [0.5, 0.6) is 11.5 Å². The average molecular weight is 394 g/mol. The van der Waals surface area contributed by atoms with Crippen molar-refractivity contribution >= 4 is 5.91 Å². The van der Waals surface area contributed by atoms with Crippen LogP contribution in [0.4, 0.5) is 13.2 Å². The van der Waals surface area contributed by atoms with Crippen molar-refractivity contribution in [2.45, 2.75) is 32.0 Å². The number of ether oxygens (including phenoxy) is 2. The molecule has 2 aromatic rings. The second-order valence-corrected chi connectivity index (χ2v) is 6.46. The van der Waals surface area contributed by atoms with Crippen molar-refractivity contribution in [3.63, 3.8) is 0 Å². The van der Waals surface area contributed by atoms with Gasteiger partial charge in [0.1, 0.15) is 12.4 Å². The molecule has 8 heteroatoms. The van der Waals surface area contributed by atoms with Crippen LogP contribution in [0, 0.1) is 17.5 Å². The van der Waals surface area contributed by atoms with Crippen LogP contribution < -0.4 is 20.1 Å². The molecular weight excluding hydrogens is 373 g/mol. The van der Waals surface area contributed by atoms with E-state index in [0.29, 0.717) is 11.3 Å². The first-order chi connectivity index (χ1) is 13.5. The number of amides is 1. The third-order valence-corrected chi connectivity index (χ3v) is 4.58. The van der Waals surface area contributed by atoms with Crippen LogP contribution in [0.15, 0.2) is 30.3 Å². The molecule has 0 aliphatic carbocycles. The van der Waals surface area contributed by atoms with E-state index in [9.17, 15) is 18.0 Å². The molecule has 28 heavy (non-hydrogen) atoms. The van der Waals surface area contributed by atoms with Crippen molar-refractivity contribution < 1.29 is 27.4 Å². The number of carbonyl (C=O) groups excluding carboxylic acids is 1. The minimum Gasteiger partial charge on any atom is -0.496 e. The van der Waals surface area contributed by atoms with E-state index in [1.165, 1.54) is 31.4 Å². The predicted octanol–water partition coefficient (Wildman–Crippen LogP) is 3.06. The van der Waals surface area contributed by atoms with Gasteiger partial charge in [0, 0.05) is 23.7 Å². The van der Waals surface area contributed by atoms with Gasteiger partial charge in [-0.15, -0.1) is 0 Å². The van der Waals surface area contributed by atoms with Crippen LogP contribution in [-0.4, -0.2) is 25.6 Å². The molecule has 0 spiro atoms. The standard InChI is InChI=1S/C20H21F3N2O3/c1-27-17-9-18(28-11-12-4-2-5-14(21)19(12)23)15(22)8-13(17)10-25-20(26)16-6-3-7-24-16/h2,4-5,8-9,16,24H,3,6-7,10-11H2,1H3,(H,25,26). The molecule has 5 nitrogen and oxygen atoms in total. The molecule has 1 amide bonds. The van der Waals surface area contributed by atoms with Crippen molar-refractivity contribution in [2.75, 3.05) is 13.7 Å². The number of benzene rings is 2. The molecule has 0 saturated carbocycles. The molecule has 1 atom stereocenters. The number of nitrogens with one attached hydrogen (secondary N) is 2. The highest BCUT2D eigenvalue weighted by Gasteiger charge is 2.22. The van der Waals surface area contributed by atoms with E-state index in [-0.39, 0.29) is 36.4 Å². The third kappa shape index (κ3) is 4.56. The summed E-state index contributed by atoms with van der Waals surface area (Å²) >= 11 is 0. The summed E-state index contributed by atoms with van der Waals surface area (Å²) in [7, 11) is 1.41. The Balaban J connectivity index is 1.68. The van der Waals surface area contributed by atoms with Gasteiger partial charge in [-0.2, -0.15) is 0 Å². The maximum Gasteiger partial charge on any atom is 0.237 e. The van der Waals surface area contributed by atoms with Gasteiger partial charge >= 0.3 is 0 Å². The highest BCUT2D eigenvalue weighted by molar-refractivity contribution is 5.82. The van der Waals surface area contributed by atoms with E-state index in [1.54, 1.807) is 0 Å². The third-order valence-electron chi connectivity index (χ3n) is 4.58. The van der Waals surface area contributed by atoms with Crippen LogP contribution in [-0.2, 0) is 17.9 Å². The highest BCUT2D eigenvalue weighted by Crippen LogP contribution is 2.29. The Bertz CT molecular complexity index is 855. The zero-order valence-corrected chi connectivity index (χ0v) is 15.4. The lowest BCUT2D eigenvalue weighted by atomic mass is 10.1. The summed E-state index contributed by atoms with van der Waals surface area (Å²) in [4.78, 5) is 12.1. The summed E-state index contributed by atoms with van der Waals surface area (Å²) in [6.07, 6.45) is 1.70. The second kappa shape index (κ2) is 8.97. The van der Waals surface area contributed by atoms with E-state index >= 15 is 0 Å². The summed E-state index contributed by atoms with van der Waals surface area (Å²) < 4.78 is 51.9. The minimum atomic E-state index is -1.03. The van der Waals surface area contributed by atoms with Crippen molar-refractivity contribution in [1.29, 1.82) is 0 Å². The Kier molecular flexibility index (Phi) is 6.41. The fraction of sp³-hybridized carbons (Fsp3) is 0.350. The molecule has 3 rings (SSSR count). The van der Waals surface area contributed by atoms with Crippen molar-refractivity contribution in [3.8, 4) is 11.5 Å². The van der Waals surface area contributed by atoms with Gasteiger partial charge in [0.25, 0.3) is 0 Å². The molecule has 0 aromatic heterocycles. The van der Waals surface area contributed by atoms with E-state index in [0.717, 1.165) is 25.5 Å². The van der Waals surface area contributed by atoms with Crippen LogP contribution in [0.1, 0.15) is 24.0 Å². The largest absolute Gasteiger partial charge is 0.496 e. The number of carbonyl (C=O) groups is 1. The zero-order chi connectivity index (χ0) is 20.1. The molecule has 1 aliphatic rings. The van der Waals surface area contributed by atoms with Gasteiger partial charge in [-0.1, -0.05) is 12.1 Å². The molecule has 1 saturated heterocycles. The van der Waals surface area contributed by atoms with Gasteiger partial charge in [-0.3, -0.25) is 4.79 Å². The Morgan fingerprint density at radius 3 is 2.71 bits per heavy atom. The lowest BCUT2D eigenvalue weighted by Gasteiger charge is -2.15. The van der Waals surface area contributed by atoms with E-state index < -0.39 is 17.5 Å². The fourth-order valence-corrected chi connectivity index (χ4v) is 3.04. The first-order valence-electron chi connectivity index (χ1n) is 8.92. The van der Waals surface area contributed by atoms with E-state index in [2.05, 4.69) is 10.6 Å². The first-order valence-corrected chi connectivity index (χ1v) is 8.92. The smallest absolute Gasteiger partial charge is 0.237 e. The van der Waals surface area contributed by atoms with Crippen LogP contribution in [0.3, 0.4) is 0 Å². The minimum absolute atomic E-state index is 0.0289. The molecule has 1 aliphatic heterocycles. The van der Waals surface area contributed by atoms with E-state index in [1.807, 2.05) is 0 Å². The monoisotopic (exact) mass is 394 g/mol. The normalized spacial score (nSPS) is 16.1. The molecular formula is C20H21F3N2O3. The number of halogens is 3. The molecule has 2 aromatic carbocycles. The van der Waals surface area contributed by atoms with Crippen molar-refractivity contribution in [2.24, 2.45) is 0 Å². The maximum absolute atomic E-state index is 14.4. The second-order valence-electron chi connectivity index (χ2n) is 6.46. The molecule has 1 fully saturated rings. The van der Waals surface area contributed by atoms with Gasteiger partial charge in [0.15, 0.2) is 23.2 Å². The summed E-state index contributed by atoms with van der Waals surface area (Å²) in [5.41, 5.74) is 0.411. The van der Waals surface area contributed by atoms with E-state index in [4.69, 9.17) is 9.47 Å². The Morgan fingerprint density at radius 1 is 1.18 bits per heavy atom. The summed E-state index contributed by atoms with van der Waals surface area (Å²) in [6.45, 7) is 0.553. The lowest BCUT2D eigenvalue weighted by Crippen LogP contribution is -2.40. The SMILES string of the molecule is COc1cc(OCc2cccc(F)c2F)c(F)cc1CNC(=O)C1CCCN1. The number of rotatable bonds is 7. The van der Waals surface area contributed by atoms with Gasteiger partial charge < -0.3 is 20.1 Å². The topological polar surface area (TPSA) is 59.6 Å². The van der Waals surface area contributed by atoms with Crippen LogP contribution in [0.2, 0.25) is 0 Å². The van der Waals surface area contributed by atoms with Gasteiger partial charge in [-0.25, -0.2) is 13.2 Å². The lowest BCUT2D eigenvalue weighted by molar-refractivity contribution is -0.122. The van der Waals surface area contributed by atoms with Gasteiger partial charge in [-0.05, 0) is 31.5 Å².